The molecule has 17 heavy (non-hydrogen) atoms. The van der Waals surface area contributed by atoms with Gasteiger partial charge in [-0.05, 0) is 57.1 Å². The van der Waals surface area contributed by atoms with E-state index in [-0.39, 0.29) is 0 Å². The molecule has 0 N–H and O–H groups in total. The van der Waals surface area contributed by atoms with Crippen LogP contribution in [-0.4, -0.2) is 18.8 Å². The van der Waals surface area contributed by atoms with E-state index in [1.165, 1.54) is 36.2 Å². The van der Waals surface area contributed by atoms with Crippen LogP contribution in [-0.2, 0) is 6.42 Å². The third-order valence-electron chi connectivity index (χ3n) is 3.71. The van der Waals surface area contributed by atoms with E-state index in [9.17, 15) is 0 Å². The van der Waals surface area contributed by atoms with Crippen molar-refractivity contribution in [1.29, 1.82) is 0 Å². The van der Waals surface area contributed by atoms with Crippen molar-refractivity contribution in [1.82, 2.24) is 0 Å². The lowest BCUT2D eigenvalue weighted by molar-refractivity contribution is 0.625. The molecule has 0 saturated carbocycles. The molecular weight excluding hydrogens is 226 g/mol. The fourth-order valence-corrected chi connectivity index (χ4v) is 2.96. The van der Waals surface area contributed by atoms with Crippen molar-refractivity contribution in [2.75, 3.05) is 17.7 Å². The number of hydrogen-bond donors (Lipinski definition) is 0. The Morgan fingerprint density at radius 3 is 2.65 bits per heavy atom. The Balaban J connectivity index is 2.37. The molecule has 2 rings (SSSR count). The Bertz CT molecular complexity index is 387. The number of nitrogens with zero attached hydrogens (tertiary/aromatic N) is 1. The van der Waals surface area contributed by atoms with Crippen LogP contribution in [0, 0.1) is 0 Å². The van der Waals surface area contributed by atoms with E-state index >= 15 is 0 Å². The SMILES string of the molecule is CSC(C)c1ccc2c(c1)N(C(C)C)CCC2. The fraction of sp³-hybridized carbons (Fsp3) is 0.600. The van der Waals surface area contributed by atoms with Crippen LogP contribution in [0.1, 0.15) is 43.6 Å². The van der Waals surface area contributed by atoms with Crippen molar-refractivity contribution >= 4 is 17.4 Å². The maximum atomic E-state index is 2.55. The van der Waals surface area contributed by atoms with Gasteiger partial charge in [0.1, 0.15) is 0 Å². The van der Waals surface area contributed by atoms with Crippen molar-refractivity contribution in [3.8, 4) is 0 Å². The average Bonchev–Trinajstić information content (AvgIpc) is 2.36. The summed E-state index contributed by atoms with van der Waals surface area (Å²) in [6.07, 6.45) is 4.72. The van der Waals surface area contributed by atoms with Crippen molar-refractivity contribution in [3.05, 3.63) is 29.3 Å². The summed E-state index contributed by atoms with van der Waals surface area (Å²) >= 11 is 1.92. The van der Waals surface area contributed by atoms with Crippen molar-refractivity contribution in [3.63, 3.8) is 0 Å². The van der Waals surface area contributed by atoms with Crippen LogP contribution in [0.4, 0.5) is 5.69 Å². The Hall–Kier alpha value is -0.630. The summed E-state index contributed by atoms with van der Waals surface area (Å²) in [6, 6.07) is 7.67. The number of thioether (sulfide) groups is 1. The predicted octanol–water partition coefficient (Wildman–Crippen LogP) is 4.27. The van der Waals surface area contributed by atoms with Gasteiger partial charge in [0.2, 0.25) is 0 Å². The molecule has 0 amide bonds. The van der Waals surface area contributed by atoms with Crippen LogP contribution in [0.25, 0.3) is 0 Å². The molecule has 1 aromatic carbocycles. The molecule has 1 atom stereocenters. The first-order chi connectivity index (χ1) is 8.13. The summed E-state index contributed by atoms with van der Waals surface area (Å²) in [6.45, 7) is 8.08. The van der Waals surface area contributed by atoms with Crippen molar-refractivity contribution in [2.45, 2.75) is 44.9 Å². The molecule has 1 aliphatic heterocycles. The summed E-state index contributed by atoms with van der Waals surface area (Å²) in [7, 11) is 0. The molecule has 0 aliphatic carbocycles. The van der Waals surface area contributed by atoms with E-state index in [4.69, 9.17) is 0 Å². The first kappa shape index (κ1) is 12.8. The van der Waals surface area contributed by atoms with E-state index in [2.05, 4.69) is 50.1 Å². The predicted molar refractivity (Wildman–Crippen MR) is 79.2 cm³/mol. The summed E-state index contributed by atoms with van der Waals surface area (Å²) in [5, 5.41) is 0.594. The number of aryl methyl sites for hydroxylation is 1. The molecule has 1 aliphatic rings. The highest BCUT2D eigenvalue weighted by molar-refractivity contribution is 7.98. The fourth-order valence-electron chi connectivity index (χ4n) is 2.55. The van der Waals surface area contributed by atoms with E-state index < -0.39 is 0 Å². The molecule has 0 bridgehead atoms. The smallest absolute Gasteiger partial charge is 0.0404 e. The lowest BCUT2D eigenvalue weighted by atomic mass is 9.97. The normalized spacial score (nSPS) is 17.1. The van der Waals surface area contributed by atoms with Crippen LogP contribution < -0.4 is 4.90 Å². The summed E-state index contributed by atoms with van der Waals surface area (Å²) in [4.78, 5) is 2.55. The largest absolute Gasteiger partial charge is 0.369 e. The van der Waals surface area contributed by atoms with Gasteiger partial charge in [-0.1, -0.05) is 12.1 Å². The average molecular weight is 249 g/mol. The lowest BCUT2D eigenvalue weighted by Crippen LogP contribution is -2.35. The minimum Gasteiger partial charge on any atom is -0.369 e. The highest BCUT2D eigenvalue weighted by Crippen LogP contribution is 2.34. The molecular formula is C15H23NS. The standard InChI is InChI=1S/C15H23NS/c1-11(2)16-9-5-6-13-7-8-14(10-15(13)16)12(3)17-4/h7-8,10-12H,5-6,9H2,1-4H3. The van der Waals surface area contributed by atoms with Gasteiger partial charge in [0.15, 0.2) is 0 Å². The summed E-state index contributed by atoms with van der Waals surface area (Å²) in [5.74, 6) is 0. The highest BCUT2D eigenvalue weighted by Gasteiger charge is 2.20. The van der Waals surface area contributed by atoms with Gasteiger partial charge in [-0.15, -0.1) is 0 Å². The first-order valence-electron chi connectivity index (χ1n) is 6.55. The third kappa shape index (κ3) is 2.62. The molecule has 1 nitrogen and oxygen atoms in total. The van der Waals surface area contributed by atoms with Gasteiger partial charge in [0.25, 0.3) is 0 Å². The van der Waals surface area contributed by atoms with Crippen LogP contribution >= 0.6 is 11.8 Å². The summed E-state index contributed by atoms with van der Waals surface area (Å²) < 4.78 is 0. The molecule has 1 heterocycles. The Labute approximate surface area is 110 Å². The second-order valence-corrected chi connectivity index (χ2v) is 6.34. The van der Waals surface area contributed by atoms with Gasteiger partial charge in [0, 0.05) is 23.5 Å². The maximum absolute atomic E-state index is 2.55. The van der Waals surface area contributed by atoms with Gasteiger partial charge in [-0.25, -0.2) is 0 Å². The van der Waals surface area contributed by atoms with E-state index in [0.29, 0.717) is 11.3 Å². The van der Waals surface area contributed by atoms with E-state index in [1.807, 2.05) is 11.8 Å². The van der Waals surface area contributed by atoms with Crippen molar-refractivity contribution in [2.24, 2.45) is 0 Å². The molecule has 2 heteroatoms. The number of hydrogen-bond acceptors (Lipinski definition) is 2. The molecule has 0 fully saturated rings. The molecule has 1 aromatic rings. The van der Waals surface area contributed by atoms with Gasteiger partial charge >= 0.3 is 0 Å². The zero-order valence-electron chi connectivity index (χ0n) is 11.4. The lowest BCUT2D eigenvalue weighted by Gasteiger charge is -2.35. The van der Waals surface area contributed by atoms with Gasteiger partial charge in [-0.2, -0.15) is 11.8 Å². The molecule has 0 spiro atoms. The zero-order valence-corrected chi connectivity index (χ0v) is 12.2. The number of fused-ring (bicyclic) bond motifs is 1. The highest BCUT2D eigenvalue weighted by atomic mass is 32.2. The van der Waals surface area contributed by atoms with Crippen LogP contribution in [0.3, 0.4) is 0 Å². The third-order valence-corrected chi connectivity index (χ3v) is 4.69. The van der Waals surface area contributed by atoms with Crippen LogP contribution in [0.15, 0.2) is 18.2 Å². The molecule has 94 valence electrons. The number of anilines is 1. The van der Waals surface area contributed by atoms with Gasteiger partial charge < -0.3 is 4.90 Å². The van der Waals surface area contributed by atoms with Gasteiger partial charge in [0.05, 0.1) is 0 Å². The van der Waals surface area contributed by atoms with E-state index in [1.54, 1.807) is 0 Å². The van der Waals surface area contributed by atoms with Crippen LogP contribution in [0.5, 0.6) is 0 Å². The molecule has 0 saturated heterocycles. The topological polar surface area (TPSA) is 3.24 Å². The monoisotopic (exact) mass is 249 g/mol. The van der Waals surface area contributed by atoms with Gasteiger partial charge in [-0.3, -0.25) is 0 Å². The van der Waals surface area contributed by atoms with E-state index in [0.717, 1.165) is 0 Å². The molecule has 0 radical (unpaired) electrons. The van der Waals surface area contributed by atoms with Crippen molar-refractivity contribution < 1.29 is 0 Å². The molecule has 0 aromatic heterocycles. The Morgan fingerprint density at radius 1 is 1.24 bits per heavy atom. The second-order valence-electron chi connectivity index (χ2n) is 5.16. The maximum Gasteiger partial charge on any atom is 0.0404 e. The first-order valence-corrected chi connectivity index (χ1v) is 7.84. The van der Waals surface area contributed by atoms with Crippen LogP contribution in [0.2, 0.25) is 0 Å². The minimum atomic E-state index is 0.594. The number of benzene rings is 1. The quantitative estimate of drug-likeness (QED) is 0.787. The summed E-state index contributed by atoms with van der Waals surface area (Å²) in [5.41, 5.74) is 4.47. The second kappa shape index (κ2) is 5.34. The minimum absolute atomic E-state index is 0.594. The number of rotatable bonds is 3. The molecule has 1 unspecified atom stereocenters. The zero-order chi connectivity index (χ0) is 12.4. The Morgan fingerprint density at radius 2 is 2.00 bits per heavy atom. The Kier molecular flexibility index (Phi) is 4.03.